The van der Waals surface area contributed by atoms with Crippen LogP contribution < -0.4 is 10.6 Å². The van der Waals surface area contributed by atoms with Gasteiger partial charge in [0.2, 0.25) is 5.91 Å². The van der Waals surface area contributed by atoms with E-state index >= 15 is 0 Å². The number of nitro benzene ring substituents is 1. The molecule has 0 saturated carbocycles. The number of nitrogens with zero attached hydrogens (tertiary/aromatic N) is 4. The van der Waals surface area contributed by atoms with Gasteiger partial charge in [0.05, 0.1) is 33.0 Å². The number of nitro groups is 1. The van der Waals surface area contributed by atoms with E-state index in [4.69, 9.17) is 11.6 Å². The van der Waals surface area contributed by atoms with Gasteiger partial charge < -0.3 is 15.2 Å². The number of carbonyl (C=O) groups is 2. The monoisotopic (exact) mass is 530 g/mol. The first-order valence-corrected chi connectivity index (χ1v) is 12.6. The molecule has 0 bridgehead atoms. The molecule has 0 aliphatic heterocycles. The molecule has 3 aromatic rings. The molecule has 0 radical (unpaired) electrons. The van der Waals surface area contributed by atoms with Crippen molar-refractivity contribution in [2.24, 2.45) is 5.92 Å². The summed E-state index contributed by atoms with van der Waals surface area (Å²) in [5.41, 5.74) is 1.37. The average molecular weight is 531 g/mol. The molecular weight excluding hydrogens is 504 g/mol. The highest BCUT2D eigenvalue weighted by molar-refractivity contribution is 7.99. The number of nitrogens with one attached hydrogen (secondary N) is 2. The van der Waals surface area contributed by atoms with Crippen molar-refractivity contribution in [3.8, 4) is 0 Å². The second kappa shape index (κ2) is 12.0. The molecule has 0 unspecified atom stereocenters. The number of hydrogen-bond donors (Lipinski definition) is 2. The number of aromatic nitrogens is 3. The predicted octanol–water partition coefficient (Wildman–Crippen LogP) is 5.03. The molecule has 2 aromatic carbocycles. The largest absolute Gasteiger partial charge is 0.342 e. The molecule has 1 atom stereocenters. The Morgan fingerprint density at radius 2 is 1.92 bits per heavy atom. The molecule has 1 aromatic heterocycles. The molecule has 2 N–H and O–H groups in total. The summed E-state index contributed by atoms with van der Waals surface area (Å²) in [6.07, 6.45) is 0. The molecule has 0 aliphatic rings. The van der Waals surface area contributed by atoms with E-state index in [1.165, 1.54) is 23.9 Å². The Hall–Kier alpha value is -3.44. The molecule has 0 fully saturated rings. The number of rotatable bonds is 10. The van der Waals surface area contributed by atoms with Crippen LogP contribution in [0, 0.1) is 23.0 Å². The maximum atomic E-state index is 12.9. The van der Waals surface area contributed by atoms with Crippen LogP contribution in [0.25, 0.3) is 0 Å². The lowest BCUT2D eigenvalue weighted by Gasteiger charge is -2.22. The lowest BCUT2D eigenvalue weighted by Crippen LogP contribution is -2.34. The van der Waals surface area contributed by atoms with Gasteiger partial charge in [0.1, 0.15) is 0 Å². The van der Waals surface area contributed by atoms with Crippen LogP contribution in [0.3, 0.4) is 0 Å². The Bertz CT molecular complexity index is 1280. The number of carbonyl (C=O) groups excluding carboxylic acids is 2. The van der Waals surface area contributed by atoms with E-state index in [2.05, 4.69) is 20.8 Å². The van der Waals surface area contributed by atoms with E-state index < -0.39 is 11.0 Å². The van der Waals surface area contributed by atoms with Gasteiger partial charge in [-0.2, -0.15) is 0 Å². The highest BCUT2D eigenvalue weighted by atomic mass is 35.5. The SMILES string of the molecule is CCn1c(SCC(=O)Nc2cc([N+](=O)[O-])ccc2C)nnc1[C@H](NC(=O)c1ccccc1Cl)C(C)C. The summed E-state index contributed by atoms with van der Waals surface area (Å²) in [7, 11) is 0. The first-order valence-electron chi connectivity index (χ1n) is 11.3. The minimum Gasteiger partial charge on any atom is -0.342 e. The second-order valence-electron chi connectivity index (χ2n) is 8.35. The highest BCUT2D eigenvalue weighted by Crippen LogP contribution is 2.27. The summed E-state index contributed by atoms with van der Waals surface area (Å²) >= 11 is 7.38. The van der Waals surface area contributed by atoms with E-state index in [1.54, 1.807) is 37.3 Å². The fraction of sp³-hybridized carbons (Fsp3) is 0.333. The summed E-state index contributed by atoms with van der Waals surface area (Å²) in [5.74, 6) is -0.0399. The normalized spacial score (nSPS) is 11.8. The Kier molecular flexibility index (Phi) is 9.05. The number of amides is 2. The molecular formula is C24H27ClN6O4S. The van der Waals surface area contributed by atoms with E-state index in [9.17, 15) is 19.7 Å². The zero-order chi connectivity index (χ0) is 26.4. The minimum atomic E-state index is -0.509. The number of anilines is 1. The fourth-order valence-corrected chi connectivity index (χ4v) is 4.53. The van der Waals surface area contributed by atoms with Crippen molar-refractivity contribution < 1.29 is 14.5 Å². The van der Waals surface area contributed by atoms with Crippen LogP contribution >= 0.6 is 23.4 Å². The summed E-state index contributed by atoms with van der Waals surface area (Å²) in [5, 5.41) is 26.2. The van der Waals surface area contributed by atoms with Crippen LogP contribution in [0.4, 0.5) is 11.4 Å². The zero-order valence-electron chi connectivity index (χ0n) is 20.3. The summed E-state index contributed by atoms with van der Waals surface area (Å²) in [6, 6.07) is 10.7. The van der Waals surface area contributed by atoms with E-state index in [0.717, 1.165) is 0 Å². The maximum absolute atomic E-state index is 12.9. The molecule has 0 spiro atoms. The van der Waals surface area contributed by atoms with Crippen LogP contribution in [0.1, 0.15) is 48.6 Å². The number of hydrogen-bond acceptors (Lipinski definition) is 7. The van der Waals surface area contributed by atoms with Crippen molar-refractivity contribution in [3.05, 3.63) is 74.6 Å². The lowest BCUT2D eigenvalue weighted by atomic mass is 10.0. The third kappa shape index (κ3) is 6.41. The molecule has 12 heteroatoms. The first kappa shape index (κ1) is 27.2. The van der Waals surface area contributed by atoms with Gasteiger partial charge in [0, 0.05) is 18.7 Å². The molecule has 3 rings (SSSR count). The van der Waals surface area contributed by atoms with E-state index in [1.807, 2.05) is 25.3 Å². The van der Waals surface area contributed by atoms with E-state index in [0.29, 0.717) is 39.4 Å². The van der Waals surface area contributed by atoms with E-state index in [-0.39, 0.29) is 29.2 Å². The molecule has 0 saturated heterocycles. The summed E-state index contributed by atoms with van der Waals surface area (Å²) in [4.78, 5) is 36.0. The van der Waals surface area contributed by atoms with Gasteiger partial charge in [-0.05, 0) is 37.5 Å². The number of benzene rings is 2. The number of thioether (sulfide) groups is 1. The molecule has 10 nitrogen and oxygen atoms in total. The van der Waals surface area contributed by atoms with Crippen LogP contribution in [0.5, 0.6) is 0 Å². The molecule has 0 aliphatic carbocycles. The van der Waals surface area contributed by atoms with Crippen molar-refractivity contribution in [1.29, 1.82) is 0 Å². The first-order chi connectivity index (χ1) is 17.1. The van der Waals surface area contributed by atoms with Crippen molar-refractivity contribution in [2.45, 2.75) is 45.4 Å². The van der Waals surface area contributed by atoms with Crippen LogP contribution in [0.2, 0.25) is 5.02 Å². The smallest absolute Gasteiger partial charge is 0.271 e. The third-order valence-corrected chi connectivity index (χ3v) is 6.75. The number of non-ortho nitro benzene ring substituents is 1. The van der Waals surface area contributed by atoms with Gasteiger partial charge in [-0.25, -0.2) is 0 Å². The van der Waals surface area contributed by atoms with Crippen LogP contribution in [-0.2, 0) is 11.3 Å². The quantitative estimate of drug-likeness (QED) is 0.213. The van der Waals surface area contributed by atoms with Gasteiger partial charge in [-0.15, -0.1) is 10.2 Å². The van der Waals surface area contributed by atoms with Crippen molar-refractivity contribution in [2.75, 3.05) is 11.1 Å². The lowest BCUT2D eigenvalue weighted by molar-refractivity contribution is -0.384. The van der Waals surface area contributed by atoms with Crippen LogP contribution in [0.15, 0.2) is 47.6 Å². The van der Waals surface area contributed by atoms with Crippen LogP contribution in [-0.4, -0.2) is 37.3 Å². The van der Waals surface area contributed by atoms with Gasteiger partial charge in [0.25, 0.3) is 11.6 Å². The third-order valence-electron chi connectivity index (χ3n) is 5.45. The summed E-state index contributed by atoms with van der Waals surface area (Å²) < 4.78 is 1.86. The van der Waals surface area contributed by atoms with Gasteiger partial charge in [-0.1, -0.05) is 55.4 Å². The Labute approximate surface area is 218 Å². The molecule has 36 heavy (non-hydrogen) atoms. The fourth-order valence-electron chi connectivity index (χ4n) is 3.50. The van der Waals surface area contributed by atoms with Gasteiger partial charge >= 0.3 is 0 Å². The maximum Gasteiger partial charge on any atom is 0.271 e. The molecule has 190 valence electrons. The van der Waals surface area contributed by atoms with Crippen molar-refractivity contribution in [3.63, 3.8) is 0 Å². The number of halogens is 1. The summed E-state index contributed by atoms with van der Waals surface area (Å²) in [6.45, 7) is 8.15. The Morgan fingerprint density at radius 3 is 2.56 bits per heavy atom. The predicted molar refractivity (Wildman–Crippen MR) is 139 cm³/mol. The second-order valence-corrected chi connectivity index (χ2v) is 9.70. The Balaban J connectivity index is 1.73. The number of aryl methyl sites for hydroxylation is 1. The highest BCUT2D eigenvalue weighted by Gasteiger charge is 2.27. The van der Waals surface area contributed by atoms with Crippen molar-refractivity contribution in [1.82, 2.24) is 20.1 Å². The average Bonchev–Trinajstić information content (AvgIpc) is 3.24. The Morgan fingerprint density at radius 1 is 1.19 bits per heavy atom. The molecule has 1 heterocycles. The van der Waals surface area contributed by atoms with Crippen molar-refractivity contribution >= 4 is 46.6 Å². The van der Waals surface area contributed by atoms with Gasteiger partial charge in [0.15, 0.2) is 11.0 Å². The topological polar surface area (TPSA) is 132 Å². The molecule has 2 amide bonds. The zero-order valence-corrected chi connectivity index (χ0v) is 21.9. The minimum absolute atomic E-state index is 0.00364. The standard InChI is InChI=1S/C24H27ClN6O4S/c1-5-30-22(21(14(2)3)27-23(33)17-8-6-7-9-18(17)25)28-29-24(30)36-13-20(32)26-19-12-16(31(34)35)11-10-15(19)4/h6-12,14,21H,5,13H2,1-4H3,(H,26,32)(H,27,33)/t21-/m1/s1. The van der Waals surface area contributed by atoms with Gasteiger partial charge in [-0.3, -0.25) is 19.7 Å².